The lowest BCUT2D eigenvalue weighted by atomic mass is 10.0. The zero-order valence-corrected chi connectivity index (χ0v) is 17.9. The van der Waals surface area contributed by atoms with E-state index >= 15 is 0 Å². The summed E-state index contributed by atoms with van der Waals surface area (Å²) in [4.78, 5) is 36.4. The fourth-order valence-corrected chi connectivity index (χ4v) is 4.63. The van der Waals surface area contributed by atoms with Crippen LogP contribution in [0.2, 0.25) is 0 Å². The number of carbonyl (C=O) groups is 2. The molecule has 2 N–H and O–H groups in total. The van der Waals surface area contributed by atoms with Gasteiger partial charge in [0.15, 0.2) is 0 Å². The predicted molar refractivity (Wildman–Crippen MR) is 114 cm³/mol. The van der Waals surface area contributed by atoms with Gasteiger partial charge in [-0.25, -0.2) is 4.79 Å². The van der Waals surface area contributed by atoms with Crippen molar-refractivity contribution in [2.45, 2.75) is 57.4 Å². The van der Waals surface area contributed by atoms with Gasteiger partial charge in [-0.1, -0.05) is 18.0 Å². The van der Waals surface area contributed by atoms with Crippen LogP contribution in [0.15, 0.2) is 29.0 Å². The van der Waals surface area contributed by atoms with Gasteiger partial charge in [0.25, 0.3) is 0 Å². The first-order valence-corrected chi connectivity index (χ1v) is 11.2. The lowest BCUT2D eigenvalue weighted by molar-refractivity contribution is -0.126. The number of fused-ring (bicyclic) bond motifs is 1. The Bertz CT molecular complexity index is 886. The van der Waals surface area contributed by atoms with Gasteiger partial charge in [-0.2, -0.15) is 4.98 Å². The molecule has 0 radical (unpaired) electrons. The molecule has 9 heteroatoms. The number of nitrogens with one attached hydrogen (secondary N) is 2. The smallest absolute Gasteiger partial charge is 0.317 e. The number of urea groups is 1. The number of hydrogen-bond donors (Lipinski definition) is 2. The molecule has 3 amide bonds. The van der Waals surface area contributed by atoms with Crippen molar-refractivity contribution in [2.24, 2.45) is 5.92 Å². The van der Waals surface area contributed by atoms with E-state index < -0.39 is 0 Å². The number of hydrogen-bond acceptors (Lipinski definition) is 6. The van der Waals surface area contributed by atoms with E-state index in [0.29, 0.717) is 44.2 Å². The molecule has 4 rings (SSSR count). The molecule has 9 nitrogen and oxygen atoms in total. The van der Waals surface area contributed by atoms with E-state index in [2.05, 4.69) is 25.8 Å². The van der Waals surface area contributed by atoms with Crippen LogP contribution in [-0.2, 0) is 4.79 Å². The molecular formula is C22H30N6O3. The summed E-state index contributed by atoms with van der Waals surface area (Å²) >= 11 is 0. The Balaban J connectivity index is 1.58. The SMILES string of the molecule is CCNC(=O)N1CCCCCCNC(=O)[C@@H]2C[C@@H](c3nc(-c4cccnc4)no3)C[C@@H]21. The average Bonchev–Trinajstić information content (AvgIpc) is 3.43. The standard InChI is InChI=1S/C22H30N6O3/c1-2-24-22(30)28-11-6-4-3-5-10-25-20(29)17-12-16(13-18(17)28)21-26-19(27-31-21)15-8-7-9-23-14-15/h7-9,14,16-18H,2-6,10-13H2,1H3,(H,24,30)(H,25,29)/t16-,17-,18+/m1/s1. The van der Waals surface area contributed by atoms with Gasteiger partial charge in [-0.15, -0.1) is 0 Å². The molecule has 2 fully saturated rings. The molecule has 2 aromatic rings. The highest BCUT2D eigenvalue weighted by Crippen LogP contribution is 2.41. The molecule has 0 unspecified atom stereocenters. The second-order valence-corrected chi connectivity index (χ2v) is 8.27. The van der Waals surface area contributed by atoms with Gasteiger partial charge in [0.2, 0.25) is 17.6 Å². The topological polar surface area (TPSA) is 113 Å². The number of pyridine rings is 1. The summed E-state index contributed by atoms with van der Waals surface area (Å²) in [5, 5.41) is 10.1. The molecule has 2 aliphatic rings. The highest BCUT2D eigenvalue weighted by molar-refractivity contribution is 5.82. The van der Waals surface area contributed by atoms with Gasteiger partial charge in [-0.3, -0.25) is 9.78 Å². The highest BCUT2D eigenvalue weighted by Gasteiger charge is 2.45. The van der Waals surface area contributed by atoms with Crippen LogP contribution >= 0.6 is 0 Å². The minimum atomic E-state index is -0.292. The van der Waals surface area contributed by atoms with Crippen molar-refractivity contribution in [1.82, 2.24) is 30.7 Å². The van der Waals surface area contributed by atoms with Crippen LogP contribution in [0.1, 0.15) is 57.3 Å². The largest absolute Gasteiger partial charge is 0.356 e. The van der Waals surface area contributed by atoms with Crippen molar-refractivity contribution in [2.75, 3.05) is 19.6 Å². The number of carbonyl (C=O) groups excluding carboxylic acids is 2. The van der Waals surface area contributed by atoms with Gasteiger partial charge >= 0.3 is 6.03 Å². The Hall–Kier alpha value is -2.97. The molecule has 3 heterocycles. The summed E-state index contributed by atoms with van der Waals surface area (Å²) in [6, 6.07) is 3.41. The lowest BCUT2D eigenvalue weighted by Gasteiger charge is -2.32. The third-order valence-corrected chi connectivity index (χ3v) is 6.19. The van der Waals surface area contributed by atoms with Gasteiger partial charge < -0.3 is 20.1 Å². The Labute approximate surface area is 182 Å². The van der Waals surface area contributed by atoms with Crippen LogP contribution in [0.25, 0.3) is 11.4 Å². The Morgan fingerprint density at radius 1 is 1.29 bits per heavy atom. The molecule has 1 saturated heterocycles. The Morgan fingerprint density at radius 2 is 2.16 bits per heavy atom. The van der Waals surface area contributed by atoms with Gasteiger partial charge in [-0.05, 0) is 44.7 Å². The van der Waals surface area contributed by atoms with Gasteiger partial charge in [0.1, 0.15) is 0 Å². The normalized spacial score (nSPS) is 24.7. The molecule has 166 valence electrons. The third-order valence-electron chi connectivity index (χ3n) is 6.19. The van der Waals surface area contributed by atoms with Crippen molar-refractivity contribution in [1.29, 1.82) is 0 Å². The number of amides is 3. The molecule has 1 saturated carbocycles. The number of rotatable bonds is 3. The van der Waals surface area contributed by atoms with E-state index in [1.54, 1.807) is 12.4 Å². The maximum atomic E-state index is 13.0. The van der Waals surface area contributed by atoms with Crippen LogP contribution in [0.3, 0.4) is 0 Å². The van der Waals surface area contributed by atoms with E-state index in [-0.39, 0.29) is 29.8 Å². The van der Waals surface area contributed by atoms with E-state index in [9.17, 15) is 9.59 Å². The van der Waals surface area contributed by atoms with Crippen LogP contribution in [0, 0.1) is 5.92 Å². The molecule has 2 aromatic heterocycles. The maximum Gasteiger partial charge on any atom is 0.317 e. The first-order chi connectivity index (χ1) is 15.2. The van der Waals surface area contributed by atoms with Gasteiger partial charge in [0.05, 0.1) is 5.92 Å². The minimum absolute atomic E-state index is 0.00990. The van der Waals surface area contributed by atoms with Crippen molar-refractivity contribution < 1.29 is 14.1 Å². The quantitative estimate of drug-likeness (QED) is 0.780. The zero-order valence-electron chi connectivity index (χ0n) is 17.9. The lowest BCUT2D eigenvalue weighted by Crippen LogP contribution is -2.50. The maximum absolute atomic E-state index is 13.0. The van der Waals surface area contributed by atoms with Crippen molar-refractivity contribution in [3.63, 3.8) is 0 Å². The summed E-state index contributed by atoms with van der Waals surface area (Å²) in [7, 11) is 0. The zero-order chi connectivity index (χ0) is 21.6. The van der Waals surface area contributed by atoms with Crippen LogP contribution in [0.5, 0.6) is 0 Å². The summed E-state index contributed by atoms with van der Waals surface area (Å²) < 4.78 is 5.58. The summed E-state index contributed by atoms with van der Waals surface area (Å²) in [5.41, 5.74) is 0.785. The average molecular weight is 427 g/mol. The Kier molecular flexibility index (Phi) is 6.79. The molecule has 0 bridgehead atoms. The molecule has 0 aromatic carbocycles. The van der Waals surface area contributed by atoms with E-state index in [1.165, 1.54) is 0 Å². The molecule has 1 aliphatic heterocycles. The van der Waals surface area contributed by atoms with E-state index in [1.807, 2.05) is 24.0 Å². The fourth-order valence-electron chi connectivity index (χ4n) is 4.63. The minimum Gasteiger partial charge on any atom is -0.356 e. The first kappa shape index (κ1) is 21.3. The number of aromatic nitrogens is 3. The highest BCUT2D eigenvalue weighted by atomic mass is 16.5. The van der Waals surface area contributed by atoms with Crippen LogP contribution in [-0.4, -0.2) is 57.6 Å². The number of nitrogens with zero attached hydrogens (tertiary/aromatic N) is 4. The summed E-state index contributed by atoms with van der Waals surface area (Å²) in [5.74, 6) is 0.651. The molecule has 0 spiro atoms. The monoisotopic (exact) mass is 426 g/mol. The molecular weight excluding hydrogens is 396 g/mol. The van der Waals surface area contributed by atoms with Crippen molar-refractivity contribution >= 4 is 11.9 Å². The van der Waals surface area contributed by atoms with Crippen LogP contribution < -0.4 is 10.6 Å². The van der Waals surface area contributed by atoms with Gasteiger partial charge in [0, 0.05) is 49.6 Å². The molecule has 1 aliphatic carbocycles. The Morgan fingerprint density at radius 3 is 2.97 bits per heavy atom. The third kappa shape index (κ3) is 4.86. The molecule has 31 heavy (non-hydrogen) atoms. The van der Waals surface area contributed by atoms with E-state index in [4.69, 9.17) is 4.52 Å². The summed E-state index contributed by atoms with van der Waals surface area (Å²) in [6.07, 6.45) is 8.60. The second-order valence-electron chi connectivity index (χ2n) is 8.27. The fraction of sp³-hybridized carbons (Fsp3) is 0.591. The first-order valence-electron chi connectivity index (χ1n) is 11.2. The summed E-state index contributed by atoms with van der Waals surface area (Å²) in [6.45, 7) is 3.79. The van der Waals surface area contributed by atoms with Crippen LogP contribution in [0.4, 0.5) is 4.79 Å². The predicted octanol–water partition coefficient (Wildman–Crippen LogP) is 2.72. The molecule has 3 atom stereocenters. The van der Waals surface area contributed by atoms with Crippen molar-refractivity contribution in [3.05, 3.63) is 30.4 Å². The van der Waals surface area contributed by atoms with Crippen molar-refractivity contribution in [3.8, 4) is 11.4 Å². The second kappa shape index (κ2) is 9.89. The van der Waals surface area contributed by atoms with E-state index in [0.717, 1.165) is 31.2 Å².